The highest BCUT2D eigenvalue weighted by Gasteiger charge is 2.16. The van der Waals surface area contributed by atoms with Gasteiger partial charge in [-0.3, -0.25) is 4.79 Å². The predicted octanol–water partition coefficient (Wildman–Crippen LogP) is 3.58. The number of aryl methyl sites for hydroxylation is 2. The van der Waals surface area contributed by atoms with E-state index in [2.05, 4.69) is 10.2 Å². The number of hydrogen-bond acceptors (Lipinski definition) is 1. The summed E-state index contributed by atoms with van der Waals surface area (Å²) >= 11 is 0. The average molecular weight is 271 g/mol. The number of anilines is 1. The van der Waals surface area contributed by atoms with E-state index in [0.717, 1.165) is 11.3 Å². The van der Waals surface area contributed by atoms with E-state index in [-0.39, 0.29) is 11.6 Å². The van der Waals surface area contributed by atoms with Crippen molar-refractivity contribution in [2.24, 2.45) is 7.05 Å². The van der Waals surface area contributed by atoms with Crippen LogP contribution in [0.4, 0.5) is 15.8 Å². The van der Waals surface area contributed by atoms with Crippen molar-refractivity contribution in [3.63, 3.8) is 0 Å². The van der Waals surface area contributed by atoms with Crippen LogP contribution >= 0.6 is 0 Å². The van der Waals surface area contributed by atoms with Crippen LogP contribution in [0.1, 0.15) is 21.6 Å². The highest BCUT2D eigenvalue weighted by Crippen LogP contribution is 2.23. The molecule has 1 N–H and O–H groups in total. The van der Waals surface area contributed by atoms with Gasteiger partial charge < -0.3 is 9.88 Å². The molecule has 102 valence electrons. The number of benzene rings is 1. The molecule has 2 aromatic rings. The summed E-state index contributed by atoms with van der Waals surface area (Å²) in [5, 5.41) is 2.69. The average Bonchev–Trinajstić information content (AvgIpc) is 2.65. The first-order valence-corrected chi connectivity index (χ1v) is 6.05. The van der Waals surface area contributed by atoms with Crippen molar-refractivity contribution in [2.45, 2.75) is 13.8 Å². The van der Waals surface area contributed by atoms with Crippen LogP contribution in [0, 0.1) is 26.2 Å². The number of nitrogens with zero attached hydrogens (tertiary/aromatic N) is 2. The Balaban J connectivity index is 2.31. The van der Waals surface area contributed by atoms with Crippen LogP contribution in [0.15, 0.2) is 24.4 Å². The Kier molecular flexibility index (Phi) is 3.57. The third-order valence-corrected chi connectivity index (χ3v) is 3.22. The second-order valence-electron chi connectivity index (χ2n) is 4.62. The largest absolute Gasteiger partial charge is 0.354 e. The summed E-state index contributed by atoms with van der Waals surface area (Å²) in [6.07, 6.45) is 1.87. The SMILES string of the molecule is [C-]#[N+]c1cc(NC(=O)c2c(C)cn(C)c2C)ccc1F. The lowest BCUT2D eigenvalue weighted by atomic mass is 10.1. The third kappa shape index (κ3) is 2.41. The lowest BCUT2D eigenvalue weighted by molar-refractivity contribution is 0.102. The molecule has 1 heterocycles. The monoisotopic (exact) mass is 271 g/mol. The minimum absolute atomic E-state index is 0.107. The molecule has 0 saturated heterocycles. The van der Waals surface area contributed by atoms with E-state index >= 15 is 0 Å². The number of carbonyl (C=O) groups excluding carboxylic acids is 1. The molecule has 4 nitrogen and oxygen atoms in total. The van der Waals surface area contributed by atoms with Crippen molar-refractivity contribution >= 4 is 17.3 Å². The first-order valence-electron chi connectivity index (χ1n) is 6.05. The van der Waals surface area contributed by atoms with Crippen LogP contribution < -0.4 is 5.32 Å². The van der Waals surface area contributed by atoms with E-state index in [0.29, 0.717) is 11.3 Å². The zero-order valence-electron chi connectivity index (χ0n) is 11.5. The summed E-state index contributed by atoms with van der Waals surface area (Å²) in [6, 6.07) is 3.94. The molecule has 1 aromatic heterocycles. The minimum Gasteiger partial charge on any atom is -0.354 e. The second kappa shape index (κ2) is 5.17. The highest BCUT2D eigenvalue weighted by molar-refractivity contribution is 6.06. The van der Waals surface area contributed by atoms with Gasteiger partial charge in [0.05, 0.1) is 12.1 Å². The maximum atomic E-state index is 13.2. The molecule has 0 saturated carbocycles. The molecule has 0 atom stereocenters. The normalized spacial score (nSPS) is 10.2. The van der Waals surface area contributed by atoms with Crippen molar-refractivity contribution in [1.82, 2.24) is 4.57 Å². The Bertz CT molecular complexity index is 725. The first kappa shape index (κ1) is 13.8. The Morgan fingerprint density at radius 3 is 2.65 bits per heavy atom. The molecule has 1 aromatic carbocycles. The van der Waals surface area contributed by atoms with Gasteiger partial charge in [0, 0.05) is 24.6 Å². The van der Waals surface area contributed by atoms with Crippen LogP contribution in [-0.4, -0.2) is 10.5 Å². The standard InChI is InChI=1S/C15H14FN3O/c1-9-8-19(4)10(2)14(9)15(20)18-11-5-6-12(16)13(7-11)17-3/h5-8H,1-2,4H3,(H,18,20). The van der Waals surface area contributed by atoms with Crippen molar-refractivity contribution in [3.8, 4) is 0 Å². The highest BCUT2D eigenvalue weighted by atomic mass is 19.1. The lowest BCUT2D eigenvalue weighted by Gasteiger charge is -2.07. The summed E-state index contributed by atoms with van der Waals surface area (Å²) in [4.78, 5) is 15.3. The fourth-order valence-corrected chi connectivity index (χ4v) is 2.13. The van der Waals surface area contributed by atoms with Crippen molar-refractivity contribution in [2.75, 3.05) is 5.32 Å². The summed E-state index contributed by atoms with van der Waals surface area (Å²) in [7, 11) is 1.87. The van der Waals surface area contributed by atoms with Gasteiger partial charge in [-0.2, -0.15) is 0 Å². The van der Waals surface area contributed by atoms with E-state index in [4.69, 9.17) is 6.57 Å². The van der Waals surface area contributed by atoms with Gasteiger partial charge in [0.2, 0.25) is 5.69 Å². The summed E-state index contributed by atoms with van der Waals surface area (Å²) in [5.41, 5.74) is 2.62. The molecule has 0 aliphatic carbocycles. The van der Waals surface area contributed by atoms with Crippen LogP contribution in [0.2, 0.25) is 0 Å². The van der Waals surface area contributed by atoms with Crippen molar-refractivity contribution in [3.05, 3.63) is 58.5 Å². The maximum absolute atomic E-state index is 13.2. The number of halogens is 1. The van der Waals surface area contributed by atoms with Crippen molar-refractivity contribution in [1.29, 1.82) is 0 Å². The molecule has 0 aliphatic heterocycles. The third-order valence-electron chi connectivity index (χ3n) is 3.22. The Labute approximate surface area is 116 Å². The van der Waals surface area contributed by atoms with E-state index in [9.17, 15) is 9.18 Å². The Hall–Kier alpha value is -2.61. The smallest absolute Gasteiger partial charge is 0.257 e. The van der Waals surface area contributed by atoms with Gasteiger partial charge in [-0.1, -0.05) is 0 Å². The Morgan fingerprint density at radius 1 is 1.40 bits per heavy atom. The van der Waals surface area contributed by atoms with Crippen LogP contribution in [0.5, 0.6) is 0 Å². The van der Waals surface area contributed by atoms with Gasteiger partial charge in [0.25, 0.3) is 5.91 Å². The predicted molar refractivity (Wildman–Crippen MR) is 75.5 cm³/mol. The maximum Gasteiger partial charge on any atom is 0.257 e. The van der Waals surface area contributed by atoms with Gasteiger partial charge in [-0.05, 0) is 37.6 Å². The van der Waals surface area contributed by atoms with Gasteiger partial charge >= 0.3 is 0 Å². The number of rotatable bonds is 2. The number of hydrogen-bond donors (Lipinski definition) is 1. The minimum atomic E-state index is -0.593. The fourth-order valence-electron chi connectivity index (χ4n) is 2.13. The summed E-state index contributed by atoms with van der Waals surface area (Å²) < 4.78 is 15.1. The molecule has 20 heavy (non-hydrogen) atoms. The van der Waals surface area contributed by atoms with Gasteiger partial charge in [0.1, 0.15) is 5.82 Å². The molecule has 0 unspecified atom stereocenters. The molecule has 0 fully saturated rings. The molecule has 0 spiro atoms. The van der Waals surface area contributed by atoms with E-state index in [1.807, 2.05) is 31.7 Å². The molecule has 2 rings (SSSR count). The molecule has 5 heteroatoms. The van der Waals surface area contributed by atoms with Gasteiger partial charge in [-0.25, -0.2) is 9.24 Å². The Morgan fingerprint density at radius 2 is 2.10 bits per heavy atom. The number of carbonyl (C=O) groups is 1. The molecular weight excluding hydrogens is 257 g/mol. The van der Waals surface area contributed by atoms with Gasteiger partial charge in [0.15, 0.2) is 0 Å². The molecule has 0 radical (unpaired) electrons. The number of nitrogens with one attached hydrogen (secondary N) is 1. The molecule has 0 bridgehead atoms. The quantitative estimate of drug-likeness (QED) is 0.833. The fraction of sp³-hybridized carbons (Fsp3) is 0.200. The number of aromatic nitrogens is 1. The molecule has 0 aliphatic rings. The van der Waals surface area contributed by atoms with Crippen LogP contribution in [0.25, 0.3) is 4.85 Å². The molecule has 1 amide bonds. The van der Waals surface area contributed by atoms with Crippen molar-refractivity contribution < 1.29 is 9.18 Å². The van der Waals surface area contributed by atoms with Crippen LogP contribution in [-0.2, 0) is 7.05 Å². The second-order valence-corrected chi connectivity index (χ2v) is 4.62. The van der Waals surface area contributed by atoms with E-state index in [1.165, 1.54) is 18.2 Å². The zero-order valence-corrected chi connectivity index (χ0v) is 11.5. The lowest BCUT2D eigenvalue weighted by Crippen LogP contribution is -2.14. The van der Waals surface area contributed by atoms with E-state index in [1.54, 1.807) is 0 Å². The van der Waals surface area contributed by atoms with Gasteiger partial charge in [-0.15, -0.1) is 0 Å². The zero-order chi connectivity index (χ0) is 14.9. The summed E-state index contributed by atoms with van der Waals surface area (Å²) in [5.74, 6) is -0.854. The van der Waals surface area contributed by atoms with E-state index < -0.39 is 5.82 Å². The summed E-state index contributed by atoms with van der Waals surface area (Å²) in [6.45, 7) is 10.6. The topological polar surface area (TPSA) is 38.4 Å². The first-order chi connectivity index (χ1) is 9.43. The molecular formula is C15H14FN3O. The van der Waals surface area contributed by atoms with Crippen LogP contribution in [0.3, 0.4) is 0 Å². The number of amides is 1.